The second kappa shape index (κ2) is 9.35. The average molecular weight is 433 g/mol. The van der Waals surface area contributed by atoms with E-state index in [1.807, 2.05) is 11.4 Å². The number of amides is 1. The van der Waals surface area contributed by atoms with Crippen LogP contribution >= 0.6 is 23.2 Å². The van der Waals surface area contributed by atoms with Gasteiger partial charge in [0.05, 0.1) is 0 Å². The monoisotopic (exact) mass is 432 g/mol. The lowest BCUT2D eigenvalue weighted by Crippen LogP contribution is -2.77. The van der Waals surface area contributed by atoms with E-state index in [2.05, 4.69) is 0 Å². The van der Waals surface area contributed by atoms with Crippen LogP contribution in [0.1, 0.15) is 31.2 Å². The summed E-state index contributed by atoms with van der Waals surface area (Å²) in [5.74, 6) is -1.07. The fourth-order valence-corrected chi connectivity index (χ4v) is 3.82. The molecule has 0 saturated heterocycles. The molecule has 150 valence electrons. The first-order valence-electron chi connectivity index (χ1n) is 9.23. The van der Waals surface area contributed by atoms with Crippen molar-refractivity contribution in [3.05, 3.63) is 80.7 Å². The maximum atomic E-state index is 13.3. The number of carbonyl (C=O) groups excluding carboxylic acids is 1. The molecule has 0 radical (unpaired) electrons. The number of carbonyl (C=O) groups is 1. The Bertz CT molecular complexity index is 1010. The molecule has 29 heavy (non-hydrogen) atoms. The van der Waals surface area contributed by atoms with Crippen molar-refractivity contribution in [2.75, 3.05) is 0 Å². The number of nitrogens with one attached hydrogen (secondary N) is 1. The Balaban J connectivity index is 2.13. The van der Waals surface area contributed by atoms with Gasteiger partial charge in [-0.1, -0.05) is 35.3 Å². The molecule has 0 fully saturated rings. The summed E-state index contributed by atoms with van der Waals surface area (Å²) in [4.78, 5) is 11.8. The van der Waals surface area contributed by atoms with Crippen molar-refractivity contribution in [3.63, 3.8) is 0 Å². The molecule has 0 saturated carbocycles. The predicted molar refractivity (Wildman–Crippen MR) is 115 cm³/mol. The lowest BCUT2D eigenvalue weighted by molar-refractivity contribution is -0.514. The molecule has 0 aromatic heterocycles. The van der Waals surface area contributed by atoms with Gasteiger partial charge in [0.15, 0.2) is 5.69 Å². The predicted octanol–water partition coefficient (Wildman–Crippen LogP) is 4.74. The zero-order valence-electron chi connectivity index (χ0n) is 15.6. The number of primary amides is 1. The highest BCUT2D eigenvalue weighted by atomic mass is 35.5. The first kappa shape index (κ1) is 21.2. The fraction of sp³-hybridized carbons (Fsp3) is 0.182. The van der Waals surface area contributed by atoms with Crippen LogP contribution in [0, 0.1) is 11.2 Å². The van der Waals surface area contributed by atoms with Crippen LogP contribution in [0.3, 0.4) is 0 Å². The average Bonchev–Trinajstić information content (AvgIpc) is 2.87. The summed E-state index contributed by atoms with van der Waals surface area (Å²) >= 11 is 12.4. The van der Waals surface area contributed by atoms with Gasteiger partial charge in [0.25, 0.3) is 5.91 Å². The SMILES string of the molecule is N=C(C(N)=O)C1=C([NH2+]c2ccc(Cl)cc2Cl)/C(=C/c2ccc(F)cc2)CCCC1. The van der Waals surface area contributed by atoms with Crippen LogP contribution in [0.25, 0.3) is 6.08 Å². The zero-order valence-corrected chi connectivity index (χ0v) is 17.2. The third-order valence-electron chi connectivity index (χ3n) is 4.82. The minimum atomic E-state index is -0.767. The van der Waals surface area contributed by atoms with E-state index < -0.39 is 5.91 Å². The van der Waals surface area contributed by atoms with Gasteiger partial charge in [-0.15, -0.1) is 0 Å². The Hall–Kier alpha value is -2.47. The summed E-state index contributed by atoms with van der Waals surface area (Å²) in [6, 6.07) is 11.4. The molecule has 3 rings (SSSR count). The largest absolute Gasteiger partial charge is 0.364 e. The molecular weight excluding hydrogens is 412 g/mol. The van der Waals surface area contributed by atoms with Gasteiger partial charge >= 0.3 is 0 Å². The minimum absolute atomic E-state index is 0.201. The van der Waals surface area contributed by atoms with E-state index >= 15 is 0 Å². The second-order valence-electron chi connectivity index (χ2n) is 6.87. The third-order valence-corrected chi connectivity index (χ3v) is 5.38. The van der Waals surface area contributed by atoms with Gasteiger partial charge in [-0.25, -0.2) is 4.39 Å². The van der Waals surface area contributed by atoms with Crippen LogP contribution < -0.4 is 11.1 Å². The molecule has 1 amide bonds. The number of allylic oxidation sites excluding steroid dienone is 1. The van der Waals surface area contributed by atoms with Crippen molar-refractivity contribution in [3.8, 4) is 0 Å². The second-order valence-corrected chi connectivity index (χ2v) is 7.71. The van der Waals surface area contributed by atoms with Crippen LogP contribution in [-0.2, 0) is 4.79 Å². The van der Waals surface area contributed by atoms with Gasteiger partial charge < -0.3 is 5.73 Å². The highest BCUT2D eigenvalue weighted by Crippen LogP contribution is 2.29. The summed E-state index contributed by atoms with van der Waals surface area (Å²) in [6.07, 6.45) is 5.00. The molecule has 5 N–H and O–H groups in total. The van der Waals surface area contributed by atoms with Crippen molar-refractivity contribution in [2.24, 2.45) is 5.73 Å². The Morgan fingerprint density at radius 3 is 2.45 bits per heavy atom. The van der Waals surface area contributed by atoms with Crippen molar-refractivity contribution >= 4 is 46.6 Å². The molecule has 0 heterocycles. The first-order valence-corrected chi connectivity index (χ1v) is 9.99. The quantitative estimate of drug-likeness (QED) is 0.462. The highest BCUT2D eigenvalue weighted by molar-refractivity contribution is 6.43. The molecule has 0 spiro atoms. The Morgan fingerprint density at radius 1 is 1.10 bits per heavy atom. The summed E-state index contributed by atoms with van der Waals surface area (Å²) in [5.41, 5.74) is 9.07. The number of nitrogens with two attached hydrogens (primary N) is 2. The molecule has 2 aromatic rings. The Morgan fingerprint density at radius 2 is 1.79 bits per heavy atom. The number of rotatable bonds is 5. The van der Waals surface area contributed by atoms with E-state index in [1.165, 1.54) is 12.1 Å². The van der Waals surface area contributed by atoms with Crippen molar-refractivity contribution in [2.45, 2.75) is 25.7 Å². The normalized spacial score (nSPS) is 16.0. The smallest absolute Gasteiger partial charge is 0.267 e. The van der Waals surface area contributed by atoms with Crippen molar-refractivity contribution in [1.29, 1.82) is 5.41 Å². The van der Waals surface area contributed by atoms with E-state index in [0.29, 0.717) is 22.0 Å². The number of halogens is 3. The van der Waals surface area contributed by atoms with Crippen LogP contribution in [0.4, 0.5) is 10.1 Å². The van der Waals surface area contributed by atoms with E-state index in [0.717, 1.165) is 41.8 Å². The molecule has 1 aliphatic rings. The van der Waals surface area contributed by atoms with Gasteiger partial charge in [0, 0.05) is 22.2 Å². The number of hydrogen-bond acceptors (Lipinski definition) is 2. The topological polar surface area (TPSA) is 83.5 Å². The third kappa shape index (κ3) is 5.32. The minimum Gasteiger partial charge on any atom is -0.364 e. The lowest BCUT2D eigenvalue weighted by Gasteiger charge is -2.14. The molecule has 0 atom stereocenters. The summed E-state index contributed by atoms with van der Waals surface area (Å²) < 4.78 is 13.3. The van der Waals surface area contributed by atoms with Crippen LogP contribution in [0.15, 0.2) is 59.3 Å². The van der Waals surface area contributed by atoms with Crippen LogP contribution in [0.2, 0.25) is 10.0 Å². The van der Waals surface area contributed by atoms with Gasteiger partial charge in [-0.05, 0) is 61.6 Å². The van der Waals surface area contributed by atoms with Crippen LogP contribution in [-0.4, -0.2) is 11.6 Å². The molecule has 0 bridgehead atoms. The van der Waals surface area contributed by atoms with E-state index in [1.54, 1.807) is 30.3 Å². The van der Waals surface area contributed by atoms with Crippen molar-refractivity contribution < 1.29 is 14.5 Å². The van der Waals surface area contributed by atoms with Crippen molar-refractivity contribution in [1.82, 2.24) is 0 Å². The maximum absolute atomic E-state index is 13.3. The summed E-state index contributed by atoms with van der Waals surface area (Å²) in [7, 11) is 0. The summed E-state index contributed by atoms with van der Waals surface area (Å²) in [5, 5.41) is 11.1. The van der Waals surface area contributed by atoms with Gasteiger partial charge in [-0.2, -0.15) is 0 Å². The molecule has 0 unspecified atom stereocenters. The van der Waals surface area contributed by atoms with Gasteiger partial charge in [0.1, 0.15) is 22.2 Å². The van der Waals surface area contributed by atoms with Crippen LogP contribution in [0.5, 0.6) is 0 Å². The number of hydrogen-bond donors (Lipinski definition) is 3. The fourth-order valence-electron chi connectivity index (χ4n) is 3.35. The number of quaternary nitrogens is 1. The summed E-state index contributed by atoms with van der Waals surface area (Å²) in [6.45, 7) is 0. The maximum Gasteiger partial charge on any atom is 0.267 e. The molecule has 2 aromatic carbocycles. The van der Waals surface area contributed by atoms with E-state index in [4.69, 9.17) is 34.3 Å². The van der Waals surface area contributed by atoms with Gasteiger partial charge in [0.2, 0.25) is 0 Å². The highest BCUT2D eigenvalue weighted by Gasteiger charge is 2.26. The molecular formula is C22H21Cl2FN3O+. The molecule has 1 aliphatic carbocycles. The first-order chi connectivity index (χ1) is 13.8. The Kier molecular flexibility index (Phi) is 6.85. The molecule has 7 heteroatoms. The van der Waals surface area contributed by atoms with E-state index in [-0.39, 0.29) is 11.5 Å². The molecule has 0 aliphatic heterocycles. The van der Waals surface area contributed by atoms with Gasteiger partial charge in [-0.3, -0.25) is 15.5 Å². The molecule has 4 nitrogen and oxygen atoms in total. The Labute approximate surface area is 178 Å². The lowest BCUT2D eigenvalue weighted by atomic mass is 9.98. The zero-order chi connectivity index (χ0) is 21.0. The van der Waals surface area contributed by atoms with E-state index in [9.17, 15) is 9.18 Å². The standard InChI is InChI=1S/C22H20Cl2FN3O/c23-15-7-10-19(18(24)12-15)28-21-14(11-13-5-8-16(25)9-6-13)3-1-2-4-17(21)20(26)22(27)29/h5-12,26,28H,1-4H2,(H2,27,29)/p+1/b14-11+,26-20?. The number of benzene rings is 2.